The van der Waals surface area contributed by atoms with Crippen molar-refractivity contribution in [3.63, 3.8) is 0 Å². The van der Waals surface area contributed by atoms with E-state index < -0.39 is 17.3 Å². The number of aryl methyl sites for hydroxylation is 1. The van der Waals surface area contributed by atoms with Crippen molar-refractivity contribution in [3.8, 4) is 33.9 Å². The van der Waals surface area contributed by atoms with Gasteiger partial charge in [0.2, 0.25) is 0 Å². The van der Waals surface area contributed by atoms with Gasteiger partial charge >= 0.3 is 6.18 Å². The van der Waals surface area contributed by atoms with Crippen molar-refractivity contribution < 1.29 is 13.2 Å². The molecule has 0 aliphatic heterocycles. The smallest absolute Gasteiger partial charge is 0.265 e. The standard InChI is InChI=1S/C31H25F3N8/c1-20-12-18-41(39-20)28-23(21-8-14-35-15-9-21)4-6-25(37-28)30(2,3)26-7-5-24(22-10-16-36-17-11-22)29(38-26)42-19-13-27(40-42)31(32,33)34/h4-19H,1-3H3. The Hall–Kier alpha value is -5.19. The molecule has 6 rings (SSSR count). The van der Waals surface area contributed by atoms with Crippen LogP contribution >= 0.6 is 0 Å². The lowest BCUT2D eigenvalue weighted by molar-refractivity contribution is -0.141. The summed E-state index contributed by atoms with van der Waals surface area (Å²) in [4.78, 5) is 18.1. The van der Waals surface area contributed by atoms with E-state index in [9.17, 15) is 13.2 Å². The van der Waals surface area contributed by atoms with Gasteiger partial charge in [-0.15, -0.1) is 0 Å². The van der Waals surface area contributed by atoms with E-state index in [0.29, 0.717) is 22.8 Å². The molecule has 11 heteroatoms. The number of pyridine rings is 4. The molecule has 0 atom stereocenters. The van der Waals surface area contributed by atoms with Crippen LogP contribution in [0.15, 0.2) is 97.8 Å². The summed E-state index contributed by atoms with van der Waals surface area (Å²) in [7, 11) is 0. The fourth-order valence-electron chi connectivity index (χ4n) is 4.71. The molecule has 0 aliphatic carbocycles. The van der Waals surface area contributed by atoms with Crippen molar-refractivity contribution in [2.75, 3.05) is 0 Å². The van der Waals surface area contributed by atoms with Gasteiger partial charge in [-0.05, 0) is 92.6 Å². The topological polar surface area (TPSA) is 87.2 Å². The van der Waals surface area contributed by atoms with Gasteiger partial charge in [0.15, 0.2) is 17.3 Å². The van der Waals surface area contributed by atoms with Gasteiger partial charge in [-0.3, -0.25) is 9.97 Å². The second-order valence-electron chi connectivity index (χ2n) is 10.3. The highest BCUT2D eigenvalue weighted by atomic mass is 19.4. The third-order valence-electron chi connectivity index (χ3n) is 7.05. The normalized spacial score (nSPS) is 12.0. The van der Waals surface area contributed by atoms with Gasteiger partial charge in [-0.2, -0.15) is 23.4 Å². The summed E-state index contributed by atoms with van der Waals surface area (Å²) in [5.41, 5.74) is 3.57. The van der Waals surface area contributed by atoms with Crippen LogP contribution in [0.3, 0.4) is 0 Å². The van der Waals surface area contributed by atoms with Crippen LogP contribution in [0.2, 0.25) is 0 Å². The predicted octanol–water partition coefficient (Wildman–Crippen LogP) is 6.63. The lowest BCUT2D eigenvalue weighted by Crippen LogP contribution is -2.24. The van der Waals surface area contributed by atoms with E-state index in [-0.39, 0.29) is 5.82 Å². The van der Waals surface area contributed by atoms with Gasteiger partial charge in [0.1, 0.15) is 0 Å². The summed E-state index contributed by atoms with van der Waals surface area (Å²) in [6, 6.07) is 17.8. The van der Waals surface area contributed by atoms with Crippen LogP contribution in [0.4, 0.5) is 13.2 Å². The second-order valence-corrected chi connectivity index (χ2v) is 10.3. The van der Waals surface area contributed by atoms with Crippen molar-refractivity contribution in [2.45, 2.75) is 32.4 Å². The Morgan fingerprint density at radius 1 is 0.571 bits per heavy atom. The minimum absolute atomic E-state index is 0.263. The number of alkyl halides is 3. The Morgan fingerprint density at radius 3 is 1.48 bits per heavy atom. The highest BCUT2D eigenvalue weighted by Crippen LogP contribution is 2.36. The Labute approximate surface area is 239 Å². The average molecular weight is 567 g/mol. The van der Waals surface area contributed by atoms with E-state index in [4.69, 9.17) is 9.97 Å². The van der Waals surface area contributed by atoms with Gasteiger partial charge < -0.3 is 0 Å². The zero-order valence-electron chi connectivity index (χ0n) is 22.9. The molecule has 6 aromatic heterocycles. The van der Waals surface area contributed by atoms with E-state index in [1.54, 1.807) is 41.6 Å². The molecule has 0 spiro atoms. The van der Waals surface area contributed by atoms with Gasteiger partial charge in [0, 0.05) is 53.7 Å². The van der Waals surface area contributed by atoms with Crippen molar-refractivity contribution in [2.24, 2.45) is 0 Å². The van der Waals surface area contributed by atoms with E-state index >= 15 is 0 Å². The summed E-state index contributed by atoms with van der Waals surface area (Å²) >= 11 is 0. The lowest BCUT2D eigenvalue weighted by atomic mass is 9.84. The van der Waals surface area contributed by atoms with Crippen molar-refractivity contribution >= 4 is 0 Å². The first kappa shape index (κ1) is 27.0. The Bertz CT molecular complexity index is 1860. The van der Waals surface area contributed by atoms with Crippen molar-refractivity contribution in [1.29, 1.82) is 0 Å². The first-order valence-electron chi connectivity index (χ1n) is 13.1. The Kier molecular flexibility index (Phi) is 6.64. The summed E-state index contributed by atoms with van der Waals surface area (Å²) in [6.45, 7) is 5.86. The van der Waals surface area contributed by atoms with Crippen LogP contribution in [-0.4, -0.2) is 39.5 Å². The van der Waals surface area contributed by atoms with Crippen molar-refractivity contribution in [1.82, 2.24) is 39.5 Å². The molecule has 0 N–H and O–H groups in total. The molecule has 6 aromatic rings. The molecule has 0 saturated heterocycles. The molecule has 0 bridgehead atoms. The highest BCUT2D eigenvalue weighted by Gasteiger charge is 2.34. The number of hydrogen-bond acceptors (Lipinski definition) is 6. The molecule has 6 heterocycles. The second kappa shape index (κ2) is 10.3. The molecular formula is C31H25F3N8. The summed E-state index contributed by atoms with van der Waals surface area (Å²) in [5.74, 6) is 0.897. The number of nitrogens with zero attached hydrogens (tertiary/aromatic N) is 8. The first-order chi connectivity index (χ1) is 20.1. The monoisotopic (exact) mass is 566 g/mol. The molecule has 0 radical (unpaired) electrons. The van der Waals surface area contributed by atoms with Gasteiger partial charge in [0.05, 0.1) is 17.1 Å². The summed E-state index contributed by atoms with van der Waals surface area (Å²) in [6.07, 6.45) is 5.23. The number of aromatic nitrogens is 8. The maximum Gasteiger partial charge on any atom is 0.435 e. The predicted molar refractivity (Wildman–Crippen MR) is 151 cm³/mol. The number of hydrogen-bond donors (Lipinski definition) is 0. The molecule has 0 aliphatic rings. The fraction of sp³-hybridized carbons (Fsp3) is 0.161. The minimum Gasteiger partial charge on any atom is -0.265 e. The molecule has 0 fully saturated rings. The molecule has 0 unspecified atom stereocenters. The number of halogens is 3. The highest BCUT2D eigenvalue weighted by molar-refractivity contribution is 5.72. The molecule has 0 aromatic carbocycles. The third kappa shape index (κ3) is 5.05. The maximum atomic E-state index is 13.4. The summed E-state index contributed by atoms with van der Waals surface area (Å²) < 4.78 is 43.2. The molecular weight excluding hydrogens is 541 g/mol. The third-order valence-corrected chi connectivity index (χ3v) is 7.05. The molecule has 0 saturated carbocycles. The van der Waals surface area contributed by atoms with Crippen LogP contribution in [-0.2, 0) is 11.6 Å². The van der Waals surface area contributed by atoms with Crippen LogP contribution in [0, 0.1) is 6.92 Å². The Balaban J connectivity index is 1.50. The van der Waals surface area contributed by atoms with E-state index in [2.05, 4.69) is 20.2 Å². The van der Waals surface area contributed by atoms with E-state index in [0.717, 1.165) is 33.1 Å². The number of rotatable bonds is 6. The van der Waals surface area contributed by atoms with Crippen LogP contribution < -0.4 is 0 Å². The van der Waals surface area contributed by atoms with Crippen LogP contribution in [0.1, 0.15) is 36.6 Å². The molecule has 8 nitrogen and oxygen atoms in total. The van der Waals surface area contributed by atoms with E-state index in [1.807, 2.05) is 69.4 Å². The first-order valence-corrected chi connectivity index (χ1v) is 13.1. The van der Waals surface area contributed by atoms with Crippen molar-refractivity contribution in [3.05, 3.63) is 121 Å². The zero-order chi connectivity index (χ0) is 29.5. The van der Waals surface area contributed by atoms with Gasteiger partial charge in [-0.25, -0.2) is 19.3 Å². The minimum atomic E-state index is -4.58. The molecule has 210 valence electrons. The molecule has 0 amide bonds. The maximum absolute atomic E-state index is 13.4. The fourth-order valence-corrected chi connectivity index (χ4v) is 4.71. The largest absolute Gasteiger partial charge is 0.435 e. The quantitative estimate of drug-likeness (QED) is 0.225. The van der Waals surface area contributed by atoms with Gasteiger partial charge in [-0.1, -0.05) is 0 Å². The van der Waals surface area contributed by atoms with Crippen LogP contribution in [0.5, 0.6) is 0 Å². The zero-order valence-corrected chi connectivity index (χ0v) is 22.9. The lowest BCUT2D eigenvalue weighted by Gasteiger charge is -2.26. The van der Waals surface area contributed by atoms with Gasteiger partial charge in [0.25, 0.3) is 0 Å². The Morgan fingerprint density at radius 2 is 1.05 bits per heavy atom. The SMILES string of the molecule is Cc1ccn(-c2nc(C(C)(C)c3ccc(-c4ccncc4)c(-n4ccc(C(F)(F)F)n4)n3)ccc2-c2ccncc2)n1. The average Bonchev–Trinajstić information content (AvgIpc) is 3.67. The van der Waals surface area contributed by atoms with Crippen LogP contribution in [0.25, 0.3) is 33.9 Å². The van der Waals surface area contributed by atoms with E-state index in [1.165, 1.54) is 6.20 Å². The summed E-state index contributed by atoms with van der Waals surface area (Å²) in [5, 5.41) is 8.41. The molecule has 42 heavy (non-hydrogen) atoms.